The molecule has 1 aromatic carbocycles. The summed E-state index contributed by atoms with van der Waals surface area (Å²) < 4.78 is 18.2. The lowest BCUT2D eigenvalue weighted by atomic mass is 10.3. The van der Waals surface area contributed by atoms with Crippen LogP contribution in [0.1, 0.15) is 6.92 Å². The van der Waals surface area contributed by atoms with Gasteiger partial charge >= 0.3 is 0 Å². The normalized spacial score (nSPS) is 9.57. The number of ether oxygens (including phenoxy) is 1. The van der Waals surface area contributed by atoms with Gasteiger partial charge in [0, 0.05) is 11.8 Å². The molecule has 0 aromatic heterocycles. The van der Waals surface area contributed by atoms with Crippen LogP contribution < -0.4 is 10.1 Å². The molecular formula is C10H12FNO2. The van der Waals surface area contributed by atoms with E-state index >= 15 is 0 Å². The van der Waals surface area contributed by atoms with Crippen molar-refractivity contribution in [2.45, 2.75) is 6.92 Å². The highest BCUT2D eigenvalue weighted by Gasteiger charge is 2.03. The summed E-state index contributed by atoms with van der Waals surface area (Å²) in [4.78, 5) is 10.1. The van der Waals surface area contributed by atoms with Crippen molar-refractivity contribution in [1.82, 2.24) is 0 Å². The van der Waals surface area contributed by atoms with E-state index < -0.39 is 5.82 Å². The molecule has 0 unspecified atom stereocenters. The number of nitrogens with one attached hydrogen (secondary N) is 1. The van der Waals surface area contributed by atoms with Gasteiger partial charge in [0.1, 0.15) is 6.29 Å². The molecule has 0 radical (unpaired) electrons. The van der Waals surface area contributed by atoms with Gasteiger partial charge in [0.05, 0.1) is 13.2 Å². The molecule has 0 aliphatic heterocycles. The summed E-state index contributed by atoms with van der Waals surface area (Å²) >= 11 is 0. The molecule has 3 nitrogen and oxygen atoms in total. The third kappa shape index (κ3) is 2.73. The number of carbonyl (C=O) groups is 1. The number of hydrogen-bond donors (Lipinski definition) is 1. The van der Waals surface area contributed by atoms with Crippen molar-refractivity contribution < 1.29 is 13.9 Å². The molecule has 0 heterocycles. The van der Waals surface area contributed by atoms with Gasteiger partial charge in [-0.3, -0.25) is 0 Å². The monoisotopic (exact) mass is 197 g/mol. The number of halogens is 1. The number of anilines is 1. The standard InChI is InChI=1S/C10H12FNO2/c1-2-14-10-4-3-8(7-9(10)11)12-5-6-13/h3-4,6-7,12H,2,5H2,1H3. The van der Waals surface area contributed by atoms with Crippen molar-refractivity contribution in [1.29, 1.82) is 0 Å². The minimum Gasteiger partial charge on any atom is -0.491 e. The topological polar surface area (TPSA) is 38.3 Å². The van der Waals surface area contributed by atoms with Gasteiger partial charge in [0.15, 0.2) is 11.6 Å². The molecule has 0 saturated heterocycles. The van der Waals surface area contributed by atoms with Crippen molar-refractivity contribution in [3.8, 4) is 5.75 Å². The first-order valence-corrected chi connectivity index (χ1v) is 4.37. The smallest absolute Gasteiger partial charge is 0.167 e. The van der Waals surface area contributed by atoms with Crippen LogP contribution in [0, 0.1) is 5.82 Å². The van der Waals surface area contributed by atoms with Gasteiger partial charge in [-0.2, -0.15) is 0 Å². The molecule has 76 valence electrons. The first kappa shape index (κ1) is 10.5. The van der Waals surface area contributed by atoms with E-state index in [2.05, 4.69) is 5.32 Å². The Bertz CT molecular complexity index is 315. The predicted molar refractivity (Wildman–Crippen MR) is 52.1 cm³/mol. The van der Waals surface area contributed by atoms with Crippen molar-refractivity contribution in [3.63, 3.8) is 0 Å². The molecule has 1 N–H and O–H groups in total. The van der Waals surface area contributed by atoms with E-state index in [1.807, 2.05) is 0 Å². The van der Waals surface area contributed by atoms with Crippen LogP contribution >= 0.6 is 0 Å². The molecule has 0 aliphatic carbocycles. The lowest BCUT2D eigenvalue weighted by Gasteiger charge is -2.06. The second-order valence-corrected chi connectivity index (χ2v) is 2.63. The van der Waals surface area contributed by atoms with Gasteiger partial charge < -0.3 is 14.8 Å². The highest BCUT2D eigenvalue weighted by molar-refractivity contribution is 5.59. The van der Waals surface area contributed by atoms with E-state index in [4.69, 9.17) is 4.74 Å². The molecule has 4 heteroatoms. The van der Waals surface area contributed by atoms with Crippen LogP contribution in [-0.4, -0.2) is 19.4 Å². The number of aldehydes is 1. The van der Waals surface area contributed by atoms with Gasteiger partial charge in [-0.1, -0.05) is 0 Å². The maximum Gasteiger partial charge on any atom is 0.167 e. The lowest BCUT2D eigenvalue weighted by Crippen LogP contribution is -2.03. The van der Waals surface area contributed by atoms with Crippen molar-refractivity contribution >= 4 is 12.0 Å². The Morgan fingerprint density at radius 1 is 1.57 bits per heavy atom. The van der Waals surface area contributed by atoms with Crippen LogP contribution in [0.15, 0.2) is 18.2 Å². The molecule has 0 spiro atoms. The zero-order valence-electron chi connectivity index (χ0n) is 7.92. The summed E-state index contributed by atoms with van der Waals surface area (Å²) in [5, 5.41) is 2.74. The number of benzene rings is 1. The fourth-order valence-electron chi connectivity index (χ4n) is 1.04. The van der Waals surface area contributed by atoms with Gasteiger partial charge in [-0.25, -0.2) is 4.39 Å². The van der Waals surface area contributed by atoms with Gasteiger partial charge in [-0.05, 0) is 19.1 Å². The third-order valence-electron chi connectivity index (χ3n) is 1.62. The van der Waals surface area contributed by atoms with Crippen LogP contribution in [0.2, 0.25) is 0 Å². The van der Waals surface area contributed by atoms with E-state index in [1.165, 1.54) is 12.1 Å². The van der Waals surface area contributed by atoms with Crippen LogP contribution in [0.3, 0.4) is 0 Å². The molecule has 1 aromatic rings. The van der Waals surface area contributed by atoms with Crippen LogP contribution in [0.4, 0.5) is 10.1 Å². The van der Waals surface area contributed by atoms with Gasteiger partial charge in [0.25, 0.3) is 0 Å². The molecule has 0 fully saturated rings. The predicted octanol–water partition coefficient (Wildman–Crippen LogP) is 1.84. The van der Waals surface area contributed by atoms with E-state index in [-0.39, 0.29) is 12.3 Å². The lowest BCUT2D eigenvalue weighted by molar-refractivity contribution is -0.106. The quantitative estimate of drug-likeness (QED) is 0.732. The van der Waals surface area contributed by atoms with E-state index in [9.17, 15) is 9.18 Å². The average Bonchev–Trinajstić information content (AvgIpc) is 2.19. The largest absolute Gasteiger partial charge is 0.491 e. The zero-order valence-corrected chi connectivity index (χ0v) is 7.92. The summed E-state index contributed by atoms with van der Waals surface area (Å²) in [5.41, 5.74) is 0.568. The highest BCUT2D eigenvalue weighted by Crippen LogP contribution is 2.20. The SMILES string of the molecule is CCOc1ccc(NCC=O)cc1F. The highest BCUT2D eigenvalue weighted by atomic mass is 19.1. The van der Waals surface area contributed by atoms with E-state index in [1.54, 1.807) is 13.0 Å². The number of hydrogen-bond acceptors (Lipinski definition) is 3. The molecule has 0 atom stereocenters. The Labute approximate surface area is 81.9 Å². The Kier molecular flexibility index (Phi) is 3.91. The second-order valence-electron chi connectivity index (χ2n) is 2.63. The fourth-order valence-corrected chi connectivity index (χ4v) is 1.04. The molecule has 0 aliphatic rings. The van der Waals surface area contributed by atoms with Gasteiger partial charge in [-0.15, -0.1) is 0 Å². The summed E-state index contributed by atoms with van der Waals surface area (Å²) in [6.45, 7) is 2.39. The molecule has 0 bridgehead atoms. The summed E-state index contributed by atoms with van der Waals surface area (Å²) in [7, 11) is 0. The van der Waals surface area contributed by atoms with Crippen molar-refractivity contribution in [3.05, 3.63) is 24.0 Å². The summed E-state index contributed by atoms with van der Waals surface area (Å²) in [6.07, 6.45) is 0.717. The molecule has 0 amide bonds. The minimum atomic E-state index is -0.428. The van der Waals surface area contributed by atoms with E-state index in [0.717, 1.165) is 0 Å². The van der Waals surface area contributed by atoms with Crippen molar-refractivity contribution in [2.24, 2.45) is 0 Å². The second kappa shape index (κ2) is 5.21. The summed E-state index contributed by atoms with van der Waals surface area (Å²) in [5.74, 6) is -0.202. The zero-order chi connectivity index (χ0) is 10.4. The maximum atomic E-state index is 13.2. The first-order valence-electron chi connectivity index (χ1n) is 4.37. The maximum absolute atomic E-state index is 13.2. The number of carbonyl (C=O) groups excluding carboxylic acids is 1. The third-order valence-corrected chi connectivity index (χ3v) is 1.62. The van der Waals surface area contributed by atoms with Gasteiger partial charge in [0.2, 0.25) is 0 Å². The Hall–Kier alpha value is -1.58. The Morgan fingerprint density at radius 3 is 2.93 bits per heavy atom. The van der Waals surface area contributed by atoms with Crippen LogP contribution in [0.25, 0.3) is 0 Å². The van der Waals surface area contributed by atoms with Crippen LogP contribution in [-0.2, 0) is 4.79 Å². The molecule has 0 saturated carbocycles. The number of rotatable bonds is 5. The summed E-state index contributed by atoms with van der Waals surface area (Å²) in [6, 6.07) is 4.50. The molecule has 1 rings (SSSR count). The Balaban J connectivity index is 2.72. The molecule has 14 heavy (non-hydrogen) atoms. The van der Waals surface area contributed by atoms with E-state index in [0.29, 0.717) is 18.6 Å². The first-order chi connectivity index (χ1) is 6.77. The minimum absolute atomic E-state index is 0.174. The Morgan fingerprint density at radius 2 is 2.36 bits per heavy atom. The fraction of sp³-hybridized carbons (Fsp3) is 0.300. The van der Waals surface area contributed by atoms with Crippen LogP contribution in [0.5, 0.6) is 5.75 Å². The van der Waals surface area contributed by atoms with Crippen molar-refractivity contribution in [2.75, 3.05) is 18.5 Å². The molecular weight excluding hydrogens is 185 g/mol. The average molecular weight is 197 g/mol.